The topological polar surface area (TPSA) is 28.2 Å². The maximum Gasteiger partial charge on any atom is 0.144 e. The Balaban J connectivity index is 1.73. The summed E-state index contributed by atoms with van der Waals surface area (Å²) in [4.78, 5) is 6.84. The van der Waals surface area contributed by atoms with Crippen molar-refractivity contribution in [2.24, 2.45) is 0 Å². The molecule has 1 fully saturated rings. The molecule has 3 nitrogen and oxygen atoms in total. The van der Waals surface area contributed by atoms with Crippen LogP contribution >= 0.6 is 15.9 Å². The Labute approximate surface area is 134 Å². The molecule has 1 saturated heterocycles. The zero-order valence-corrected chi connectivity index (χ0v) is 13.9. The van der Waals surface area contributed by atoms with Crippen molar-refractivity contribution < 1.29 is 0 Å². The average Bonchev–Trinajstić information content (AvgIpc) is 2.53. The number of piperidine rings is 1. The summed E-state index contributed by atoms with van der Waals surface area (Å²) >= 11 is 3.58. The fraction of sp³-hybridized carbons (Fsp3) is 0.353. The van der Waals surface area contributed by atoms with Gasteiger partial charge in [-0.15, -0.1) is 0 Å². The van der Waals surface area contributed by atoms with Gasteiger partial charge in [0.2, 0.25) is 0 Å². The van der Waals surface area contributed by atoms with E-state index in [2.05, 4.69) is 62.3 Å². The highest BCUT2D eigenvalue weighted by atomic mass is 79.9. The number of hydrogen-bond acceptors (Lipinski definition) is 3. The first-order valence-electron chi connectivity index (χ1n) is 7.47. The number of halogens is 1. The Bertz CT molecular complexity index is 604. The number of hydrogen-bond donors (Lipinski definition) is 1. The molecule has 0 unspecified atom stereocenters. The first-order chi connectivity index (χ1) is 10.2. The van der Waals surface area contributed by atoms with E-state index in [0.29, 0.717) is 0 Å². The molecule has 1 aliphatic heterocycles. The molecule has 2 aromatic rings. The number of rotatable bonds is 3. The standard InChI is InChI=1S/C17H20BrN3/c1-13-9-10-19-17(16(13)18)20-14-5-7-15(8-6-14)21-11-3-2-4-12-21/h5-10H,2-4,11-12H2,1H3,(H,19,20). The number of nitrogens with zero attached hydrogens (tertiary/aromatic N) is 2. The summed E-state index contributed by atoms with van der Waals surface area (Å²) in [5, 5.41) is 3.37. The van der Waals surface area contributed by atoms with E-state index in [4.69, 9.17) is 0 Å². The minimum absolute atomic E-state index is 0.862. The van der Waals surface area contributed by atoms with Crippen LogP contribution in [0.3, 0.4) is 0 Å². The molecule has 4 heteroatoms. The van der Waals surface area contributed by atoms with Crippen LogP contribution in [0, 0.1) is 6.92 Å². The minimum Gasteiger partial charge on any atom is -0.372 e. The van der Waals surface area contributed by atoms with Gasteiger partial charge < -0.3 is 10.2 Å². The second kappa shape index (κ2) is 6.48. The van der Waals surface area contributed by atoms with E-state index < -0.39 is 0 Å². The summed E-state index contributed by atoms with van der Waals surface area (Å²) < 4.78 is 1.02. The Morgan fingerprint density at radius 3 is 2.48 bits per heavy atom. The minimum atomic E-state index is 0.862. The highest BCUT2D eigenvalue weighted by molar-refractivity contribution is 9.10. The molecule has 0 radical (unpaired) electrons. The van der Waals surface area contributed by atoms with E-state index in [1.165, 1.54) is 43.6 Å². The zero-order valence-electron chi connectivity index (χ0n) is 12.3. The lowest BCUT2D eigenvalue weighted by atomic mass is 10.1. The van der Waals surface area contributed by atoms with Crippen molar-refractivity contribution in [3.8, 4) is 0 Å². The fourth-order valence-electron chi connectivity index (χ4n) is 2.67. The van der Waals surface area contributed by atoms with Gasteiger partial charge in [-0.2, -0.15) is 0 Å². The monoisotopic (exact) mass is 345 g/mol. The van der Waals surface area contributed by atoms with Crippen molar-refractivity contribution in [2.75, 3.05) is 23.3 Å². The fourth-order valence-corrected chi connectivity index (χ4v) is 3.01. The molecule has 0 saturated carbocycles. The van der Waals surface area contributed by atoms with Crippen LogP contribution in [0.2, 0.25) is 0 Å². The van der Waals surface area contributed by atoms with Gasteiger partial charge in [-0.25, -0.2) is 4.98 Å². The van der Waals surface area contributed by atoms with Crippen molar-refractivity contribution in [3.63, 3.8) is 0 Å². The Hall–Kier alpha value is -1.55. The maximum absolute atomic E-state index is 4.38. The lowest BCUT2D eigenvalue weighted by Crippen LogP contribution is -2.29. The van der Waals surface area contributed by atoms with Crippen LogP contribution in [0.25, 0.3) is 0 Å². The van der Waals surface area contributed by atoms with E-state index >= 15 is 0 Å². The second-order valence-corrected chi connectivity index (χ2v) is 6.30. The van der Waals surface area contributed by atoms with E-state index in [0.717, 1.165) is 16.0 Å². The molecule has 1 N–H and O–H groups in total. The molecular weight excluding hydrogens is 326 g/mol. The summed E-state index contributed by atoms with van der Waals surface area (Å²) in [5.41, 5.74) is 3.56. The lowest BCUT2D eigenvalue weighted by molar-refractivity contribution is 0.578. The number of anilines is 3. The molecule has 0 aliphatic carbocycles. The van der Waals surface area contributed by atoms with Gasteiger partial charge in [-0.3, -0.25) is 0 Å². The summed E-state index contributed by atoms with van der Waals surface area (Å²) in [6.45, 7) is 4.42. The van der Waals surface area contributed by atoms with Gasteiger partial charge in [0.15, 0.2) is 0 Å². The third kappa shape index (κ3) is 3.38. The van der Waals surface area contributed by atoms with Crippen LogP contribution in [0.5, 0.6) is 0 Å². The van der Waals surface area contributed by atoms with Crippen molar-refractivity contribution in [3.05, 3.63) is 46.6 Å². The first-order valence-corrected chi connectivity index (χ1v) is 8.26. The lowest BCUT2D eigenvalue weighted by Gasteiger charge is -2.28. The summed E-state index contributed by atoms with van der Waals surface area (Å²) in [6.07, 6.45) is 5.80. The molecule has 3 rings (SSSR count). The SMILES string of the molecule is Cc1ccnc(Nc2ccc(N3CCCCC3)cc2)c1Br. The highest BCUT2D eigenvalue weighted by Gasteiger charge is 2.11. The van der Waals surface area contributed by atoms with Gasteiger partial charge in [-0.1, -0.05) is 0 Å². The van der Waals surface area contributed by atoms with Gasteiger partial charge in [-0.05, 0) is 78.0 Å². The molecule has 110 valence electrons. The maximum atomic E-state index is 4.38. The molecule has 1 aromatic carbocycles. The molecule has 2 heterocycles. The summed E-state index contributed by atoms with van der Waals surface area (Å²) in [6, 6.07) is 10.6. The normalized spacial score (nSPS) is 15.0. The van der Waals surface area contributed by atoms with E-state index in [9.17, 15) is 0 Å². The van der Waals surface area contributed by atoms with Crippen LogP contribution in [0.15, 0.2) is 41.0 Å². The molecule has 1 aliphatic rings. The van der Waals surface area contributed by atoms with Gasteiger partial charge >= 0.3 is 0 Å². The number of nitrogens with one attached hydrogen (secondary N) is 1. The van der Waals surface area contributed by atoms with E-state index in [1.807, 2.05) is 12.3 Å². The average molecular weight is 346 g/mol. The second-order valence-electron chi connectivity index (χ2n) is 5.51. The van der Waals surface area contributed by atoms with Gasteiger partial charge in [0, 0.05) is 30.7 Å². The van der Waals surface area contributed by atoms with Crippen LogP contribution in [0.1, 0.15) is 24.8 Å². The Morgan fingerprint density at radius 2 is 1.76 bits per heavy atom. The van der Waals surface area contributed by atoms with E-state index in [-0.39, 0.29) is 0 Å². The molecular formula is C17H20BrN3. The predicted octanol–water partition coefficient (Wildman–Crippen LogP) is 4.89. The Kier molecular flexibility index (Phi) is 4.44. The number of aromatic nitrogens is 1. The van der Waals surface area contributed by atoms with Crippen LogP contribution in [-0.4, -0.2) is 18.1 Å². The van der Waals surface area contributed by atoms with Crippen LogP contribution < -0.4 is 10.2 Å². The molecule has 0 atom stereocenters. The molecule has 21 heavy (non-hydrogen) atoms. The van der Waals surface area contributed by atoms with Gasteiger partial charge in [0.25, 0.3) is 0 Å². The third-order valence-corrected chi connectivity index (χ3v) is 4.93. The number of aryl methyl sites for hydroxylation is 1. The highest BCUT2D eigenvalue weighted by Crippen LogP contribution is 2.28. The predicted molar refractivity (Wildman–Crippen MR) is 92.5 cm³/mol. The molecule has 1 aromatic heterocycles. The largest absolute Gasteiger partial charge is 0.372 e. The van der Waals surface area contributed by atoms with Gasteiger partial charge in [0.1, 0.15) is 5.82 Å². The van der Waals surface area contributed by atoms with Crippen molar-refractivity contribution in [1.29, 1.82) is 0 Å². The summed E-state index contributed by atoms with van der Waals surface area (Å²) in [5.74, 6) is 0.862. The Morgan fingerprint density at radius 1 is 1.05 bits per heavy atom. The van der Waals surface area contributed by atoms with Crippen LogP contribution in [0.4, 0.5) is 17.2 Å². The zero-order chi connectivity index (χ0) is 14.7. The summed E-state index contributed by atoms with van der Waals surface area (Å²) in [7, 11) is 0. The number of pyridine rings is 1. The van der Waals surface area contributed by atoms with Crippen molar-refractivity contribution in [1.82, 2.24) is 4.98 Å². The van der Waals surface area contributed by atoms with Crippen molar-refractivity contribution in [2.45, 2.75) is 26.2 Å². The quantitative estimate of drug-likeness (QED) is 0.858. The molecule has 0 amide bonds. The van der Waals surface area contributed by atoms with Crippen LogP contribution in [-0.2, 0) is 0 Å². The molecule has 0 bridgehead atoms. The molecule has 0 spiro atoms. The third-order valence-electron chi connectivity index (χ3n) is 3.93. The van der Waals surface area contributed by atoms with Gasteiger partial charge in [0.05, 0.1) is 4.47 Å². The first kappa shape index (κ1) is 14.4. The smallest absolute Gasteiger partial charge is 0.144 e. The van der Waals surface area contributed by atoms with Crippen molar-refractivity contribution >= 4 is 33.1 Å². The number of benzene rings is 1. The van der Waals surface area contributed by atoms with E-state index in [1.54, 1.807) is 0 Å².